The number of rotatable bonds is 15. The molecule has 16 N–H and O–H groups in total. The van der Waals surface area contributed by atoms with E-state index < -0.39 is 105 Å². The van der Waals surface area contributed by atoms with Crippen LogP contribution in [0.4, 0.5) is 0 Å². The number of hydrogen-bond acceptors (Lipinski definition) is 10. The first-order valence-corrected chi connectivity index (χ1v) is 22.8. The zero-order valence-corrected chi connectivity index (χ0v) is 26.6. The zero-order chi connectivity index (χ0) is 33.7. The summed E-state index contributed by atoms with van der Waals surface area (Å²) in [4.78, 5) is 150. The Bertz CT molecular complexity index is 1150. The van der Waals surface area contributed by atoms with Crippen LogP contribution in [0, 0.1) is 0 Å². The van der Waals surface area contributed by atoms with Crippen molar-refractivity contribution in [3.05, 3.63) is 0 Å². The molecule has 0 bridgehead atoms. The average Bonchev–Trinajstić information content (AvgIpc) is 2.50. The van der Waals surface area contributed by atoms with Gasteiger partial charge in [-0.3, -0.25) is 46.3 Å². The minimum absolute atomic E-state index is 0.177. The van der Waals surface area contributed by atoms with Gasteiger partial charge < -0.3 is 78.3 Å². The highest BCUT2D eigenvalue weighted by Gasteiger charge is 2.63. The van der Waals surface area contributed by atoms with Crippen molar-refractivity contribution < 1.29 is 115 Å². The molecule has 0 radical (unpaired) electrons. The van der Waals surface area contributed by atoms with E-state index in [9.17, 15) is 115 Å². The molecule has 0 aliphatic carbocycles. The molecule has 248 valence electrons. The second-order valence-electron chi connectivity index (χ2n) is 8.09. The first kappa shape index (κ1) is 42.1. The third-order valence-electron chi connectivity index (χ3n) is 4.52. The summed E-state index contributed by atoms with van der Waals surface area (Å²) in [5.41, 5.74) is -16.0. The first-order chi connectivity index (χ1) is 17.4. The van der Waals surface area contributed by atoms with Crippen LogP contribution in [-0.2, 0) is 36.5 Å². The fourth-order valence-electron chi connectivity index (χ4n) is 3.53. The molecule has 0 amide bonds. The highest BCUT2D eigenvalue weighted by atomic mass is 31.3. The van der Waals surface area contributed by atoms with Crippen LogP contribution >= 0.6 is 60.8 Å². The van der Waals surface area contributed by atoms with Crippen LogP contribution in [0.5, 0.6) is 0 Å². The van der Waals surface area contributed by atoms with Crippen molar-refractivity contribution in [2.24, 2.45) is 0 Å². The fourth-order valence-corrected chi connectivity index (χ4v) is 15.9. The Balaban J connectivity index is 8.05. The number of nitrogens with zero attached hydrogens (tertiary/aromatic N) is 2. The molecule has 34 heteroatoms. The second-order valence-corrected chi connectivity index (χ2v) is 23.1. The van der Waals surface area contributed by atoms with Gasteiger partial charge in [0, 0.05) is 12.6 Å². The SMILES string of the molecule is CC(CN(C(P(=O)(O)O)P(=O)(O)O)C(P(=O)(O)O)P(=O)(O)O)N(C(P(=O)(O)O)P(=O)(O)O)C(P(=O)(O)O)P(=O)(O)O. The molecule has 0 saturated heterocycles. The molecule has 1 unspecified atom stereocenters. The van der Waals surface area contributed by atoms with E-state index in [1.807, 2.05) is 0 Å². The van der Waals surface area contributed by atoms with Crippen molar-refractivity contribution in [1.29, 1.82) is 0 Å². The van der Waals surface area contributed by atoms with Crippen molar-refractivity contribution >= 4 is 60.8 Å². The molecule has 1 atom stereocenters. The Kier molecular flexibility index (Phi) is 13.4. The van der Waals surface area contributed by atoms with Gasteiger partial charge in [-0.2, -0.15) is 0 Å². The summed E-state index contributed by atoms with van der Waals surface area (Å²) in [7, 11) is -52.6. The molecule has 0 spiro atoms. The van der Waals surface area contributed by atoms with Crippen molar-refractivity contribution in [2.75, 3.05) is 6.54 Å². The molecular formula is C7H26N2O24P8. The molecule has 0 aromatic rings. The Labute approximate surface area is 227 Å². The maximum Gasteiger partial charge on any atom is 0.355 e. The van der Waals surface area contributed by atoms with Gasteiger partial charge in [-0.1, -0.05) is 0 Å². The van der Waals surface area contributed by atoms with Crippen molar-refractivity contribution in [3.63, 3.8) is 0 Å². The fraction of sp³-hybridized carbons (Fsp3) is 1.00. The maximum absolute atomic E-state index is 12.0. The molecule has 0 aliphatic heterocycles. The zero-order valence-electron chi connectivity index (χ0n) is 19.5. The quantitative estimate of drug-likeness (QED) is 0.0719. The Hall–Kier alpha value is 1.12. The predicted molar refractivity (Wildman–Crippen MR) is 130 cm³/mol. The van der Waals surface area contributed by atoms with Gasteiger partial charge in [0.15, 0.2) is 0 Å². The summed E-state index contributed by atoms with van der Waals surface area (Å²) in [6, 6.07) is -2.97. The van der Waals surface area contributed by atoms with Gasteiger partial charge in [-0.15, -0.1) is 0 Å². The van der Waals surface area contributed by atoms with E-state index in [1.54, 1.807) is 0 Å². The standard InChI is InChI=1S/C7H26N2O24P8/c1-3(9(6(38(22,23)24)39(25,26)27)7(40(28,29)30)41(31,32)33)2-8(4(34(10,11)12)35(13,14)15)5(36(16,17)18)37(19,20)21/h3-7H,2H2,1H3,(H2,10,11,12)(H2,13,14,15)(H2,16,17,18)(H2,19,20,21)(H2,22,23,24)(H2,25,26,27)(H2,28,29,30)(H2,31,32,33). The molecule has 0 aromatic heterocycles. The minimum atomic E-state index is -6.58. The summed E-state index contributed by atoms with van der Waals surface area (Å²) in [6.07, 6.45) is 0. The molecular weight excluding hydrogens is 744 g/mol. The first-order valence-electron chi connectivity index (χ1n) is 9.32. The molecule has 0 rings (SSSR count). The maximum atomic E-state index is 12.0. The third kappa shape index (κ3) is 11.8. The van der Waals surface area contributed by atoms with Gasteiger partial charge >= 0.3 is 60.8 Å². The summed E-state index contributed by atoms with van der Waals surface area (Å²) < 4.78 is 96.0. The lowest BCUT2D eigenvalue weighted by Crippen LogP contribution is -2.55. The lowest BCUT2D eigenvalue weighted by atomic mass is 10.3. The molecule has 0 aliphatic rings. The van der Waals surface area contributed by atoms with E-state index in [2.05, 4.69) is 0 Å². The van der Waals surface area contributed by atoms with Gasteiger partial charge in [-0.25, -0.2) is 0 Å². The summed E-state index contributed by atoms with van der Waals surface area (Å²) in [5, 5.41) is 0. The van der Waals surface area contributed by atoms with Gasteiger partial charge in [0.1, 0.15) is 0 Å². The monoisotopic (exact) mass is 770 g/mol. The topological polar surface area (TPSA) is 467 Å². The largest absolute Gasteiger partial charge is 0.355 e. The smallest absolute Gasteiger partial charge is 0.323 e. The van der Waals surface area contributed by atoms with Crippen LogP contribution in [0.3, 0.4) is 0 Å². The molecule has 0 saturated carbocycles. The highest BCUT2D eigenvalue weighted by Crippen LogP contribution is 2.71. The Morgan fingerprint density at radius 1 is 0.390 bits per heavy atom. The van der Waals surface area contributed by atoms with E-state index in [4.69, 9.17) is 0 Å². The molecule has 26 nitrogen and oxygen atoms in total. The van der Waals surface area contributed by atoms with Crippen LogP contribution in [0.2, 0.25) is 0 Å². The van der Waals surface area contributed by atoms with E-state index in [1.165, 1.54) is 0 Å². The summed E-state index contributed by atoms with van der Waals surface area (Å²) in [6.45, 7) is -2.11. The van der Waals surface area contributed by atoms with E-state index in [-0.39, 0.29) is 6.92 Å². The molecule has 0 heterocycles. The van der Waals surface area contributed by atoms with Gasteiger partial charge in [0.05, 0.1) is 0 Å². The van der Waals surface area contributed by atoms with Crippen molar-refractivity contribution in [3.8, 4) is 0 Å². The van der Waals surface area contributed by atoms with Crippen LogP contribution in [0.1, 0.15) is 6.92 Å². The Morgan fingerprint density at radius 3 is 0.707 bits per heavy atom. The van der Waals surface area contributed by atoms with Crippen molar-refractivity contribution in [2.45, 2.75) is 35.1 Å². The average molecular weight is 770 g/mol. The molecule has 0 aromatic carbocycles. The lowest BCUT2D eigenvalue weighted by Gasteiger charge is -2.45. The lowest BCUT2D eigenvalue weighted by molar-refractivity contribution is 0.113. The van der Waals surface area contributed by atoms with E-state index in [0.29, 0.717) is 0 Å². The van der Waals surface area contributed by atoms with E-state index >= 15 is 0 Å². The Morgan fingerprint density at radius 2 is 0.561 bits per heavy atom. The van der Waals surface area contributed by atoms with Crippen LogP contribution in [0.25, 0.3) is 0 Å². The van der Waals surface area contributed by atoms with Crippen LogP contribution in [0.15, 0.2) is 0 Å². The second kappa shape index (κ2) is 13.1. The van der Waals surface area contributed by atoms with Gasteiger partial charge in [0.25, 0.3) is 0 Å². The predicted octanol–water partition coefficient (Wildman–Crippen LogP) is -3.47. The molecule has 41 heavy (non-hydrogen) atoms. The summed E-state index contributed by atoms with van der Waals surface area (Å²) >= 11 is 0. The third-order valence-corrected chi connectivity index (χ3v) is 18.8. The summed E-state index contributed by atoms with van der Waals surface area (Å²) in [5.74, 6) is 0. The van der Waals surface area contributed by atoms with Crippen molar-refractivity contribution in [1.82, 2.24) is 9.80 Å². The molecule has 0 fully saturated rings. The normalized spacial score (nSPS) is 16.6. The van der Waals surface area contributed by atoms with Crippen LogP contribution < -0.4 is 0 Å². The van der Waals surface area contributed by atoms with Gasteiger partial charge in [0.2, 0.25) is 22.1 Å². The highest BCUT2D eigenvalue weighted by molar-refractivity contribution is 7.73. The van der Waals surface area contributed by atoms with Gasteiger partial charge in [-0.05, 0) is 6.92 Å². The number of hydrogen-bond donors (Lipinski definition) is 16. The van der Waals surface area contributed by atoms with Crippen LogP contribution in [-0.4, -0.2) is 123 Å². The minimum Gasteiger partial charge on any atom is -0.323 e. The van der Waals surface area contributed by atoms with E-state index in [0.717, 1.165) is 0 Å².